The third kappa shape index (κ3) is 3.94. The maximum Gasteiger partial charge on any atom is 0.305 e. The summed E-state index contributed by atoms with van der Waals surface area (Å²) in [4.78, 5) is 31.0. The number of carboxylic acids is 1. The highest BCUT2D eigenvalue weighted by atomic mass is 35.5. The summed E-state index contributed by atoms with van der Waals surface area (Å²) in [6.07, 6.45) is 2.81. The Morgan fingerprint density at radius 3 is 2.61 bits per heavy atom. The lowest BCUT2D eigenvalue weighted by Crippen LogP contribution is -2.39. The quantitative estimate of drug-likeness (QED) is 0.796. The Morgan fingerprint density at radius 2 is 1.93 bits per heavy atom. The fourth-order valence-electron chi connectivity index (χ4n) is 3.60. The summed E-state index contributed by atoms with van der Waals surface area (Å²) in [5, 5.41) is 9.71. The molecule has 1 aliphatic carbocycles. The summed E-state index contributed by atoms with van der Waals surface area (Å²) >= 11 is 6.27. The van der Waals surface area contributed by atoms with Crippen LogP contribution in [0.15, 0.2) is 53.5 Å². The van der Waals surface area contributed by atoms with Gasteiger partial charge in [-0.25, -0.2) is 0 Å². The van der Waals surface area contributed by atoms with Gasteiger partial charge < -0.3 is 10.0 Å². The van der Waals surface area contributed by atoms with Crippen molar-refractivity contribution in [2.24, 2.45) is 10.9 Å². The van der Waals surface area contributed by atoms with E-state index in [4.69, 9.17) is 21.7 Å². The van der Waals surface area contributed by atoms with Crippen molar-refractivity contribution < 1.29 is 14.7 Å². The molecule has 0 bridgehead atoms. The highest BCUT2D eigenvalue weighted by Gasteiger charge is 2.36. The van der Waals surface area contributed by atoms with Crippen molar-refractivity contribution in [3.63, 3.8) is 0 Å². The van der Waals surface area contributed by atoms with Crippen molar-refractivity contribution in [1.82, 2.24) is 0 Å². The third-order valence-electron chi connectivity index (χ3n) is 5.19. The van der Waals surface area contributed by atoms with Crippen molar-refractivity contribution in [2.75, 3.05) is 11.4 Å². The standard InChI is InChI=1S/C22H21ClN2O3/c23-16-8-9-19-17(13-16)21(15-4-2-1-3-5-15)24-18(12-14-6-7-14)22(28)25(19)11-10-20(26)27/h1-5,8-9,13-14,18H,6-7,10-12H2,(H,26,27). The van der Waals surface area contributed by atoms with Crippen molar-refractivity contribution in [2.45, 2.75) is 31.7 Å². The summed E-state index contributed by atoms with van der Waals surface area (Å²) in [5.74, 6) is -0.556. The van der Waals surface area contributed by atoms with Gasteiger partial charge in [-0.15, -0.1) is 0 Å². The third-order valence-corrected chi connectivity index (χ3v) is 5.43. The van der Waals surface area contributed by atoms with Crippen LogP contribution >= 0.6 is 11.6 Å². The second kappa shape index (κ2) is 7.76. The molecule has 2 aliphatic rings. The molecule has 1 aliphatic heterocycles. The number of aliphatic carboxylic acids is 1. The number of fused-ring (bicyclic) bond motifs is 1. The first-order valence-corrected chi connectivity index (χ1v) is 9.87. The average molecular weight is 397 g/mol. The number of halogens is 1. The van der Waals surface area contributed by atoms with Gasteiger partial charge in [-0.1, -0.05) is 54.8 Å². The molecule has 1 N–H and O–H groups in total. The number of rotatable bonds is 6. The zero-order valence-corrected chi connectivity index (χ0v) is 16.1. The monoisotopic (exact) mass is 396 g/mol. The number of aliphatic imine (C=N–C) groups is 1. The fraction of sp³-hybridized carbons (Fsp3) is 0.318. The van der Waals surface area contributed by atoms with Crippen LogP contribution in [0.5, 0.6) is 0 Å². The lowest BCUT2D eigenvalue weighted by atomic mass is 10.00. The van der Waals surface area contributed by atoms with Crippen LogP contribution in [0.4, 0.5) is 5.69 Å². The molecule has 1 unspecified atom stereocenters. The fourth-order valence-corrected chi connectivity index (χ4v) is 3.77. The topological polar surface area (TPSA) is 70.0 Å². The van der Waals surface area contributed by atoms with E-state index >= 15 is 0 Å². The van der Waals surface area contributed by atoms with Crippen LogP contribution in [-0.4, -0.2) is 35.3 Å². The van der Waals surface area contributed by atoms with Crippen LogP contribution in [0.2, 0.25) is 5.02 Å². The first kappa shape index (κ1) is 18.7. The van der Waals surface area contributed by atoms with Crippen LogP contribution < -0.4 is 4.90 Å². The molecular formula is C22H21ClN2O3. The van der Waals surface area contributed by atoms with Crippen LogP contribution in [0, 0.1) is 5.92 Å². The number of anilines is 1. The molecule has 28 heavy (non-hydrogen) atoms. The first-order chi connectivity index (χ1) is 13.5. The SMILES string of the molecule is O=C(O)CCN1C(=O)C(CC2CC2)N=C(c2ccccc2)c2cc(Cl)ccc21. The van der Waals surface area contributed by atoms with Gasteiger partial charge in [0, 0.05) is 22.7 Å². The Balaban J connectivity index is 1.85. The van der Waals surface area contributed by atoms with Crippen molar-refractivity contribution in [1.29, 1.82) is 0 Å². The Bertz CT molecular complexity index is 938. The van der Waals surface area contributed by atoms with Crippen molar-refractivity contribution in [3.8, 4) is 0 Å². The molecule has 4 rings (SSSR count). The lowest BCUT2D eigenvalue weighted by molar-refractivity contribution is -0.136. The second-order valence-corrected chi connectivity index (χ2v) is 7.77. The van der Waals surface area contributed by atoms with Crippen LogP contribution in [-0.2, 0) is 9.59 Å². The molecule has 1 saturated carbocycles. The summed E-state index contributed by atoms with van der Waals surface area (Å²) in [7, 11) is 0. The summed E-state index contributed by atoms with van der Waals surface area (Å²) < 4.78 is 0. The zero-order chi connectivity index (χ0) is 19.7. The molecule has 0 aromatic heterocycles. The minimum Gasteiger partial charge on any atom is -0.481 e. The Hall–Kier alpha value is -2.66. The summed E-state index contributed by atoms with van der Waals surface area (Å²) in [6.45, 7) is 0.113. The summed E-state index contributed by atoms with van der Waals surface area (Å²) in [5.41, 5.74) is 3.07. The zero-order valence-electron chi connectivity index (χ0n) is 15.3. The molecule has 1 fully saturated rings. The van der Waals surface area contributed by atoms with Crippen molar-refractivity contribution in [3.05, 3.63) is 64.7 Å². The molecule has 0 radical (unpaired) electrons. The predicted molar refractivity (Wildman–Crippen MR) is 109 cm³/mol. The molecule has 2 aromatic rings. The van der Waals surface area contributed by atoms with E-state index in [0.717, 1.165) is 29.7 Å². The van der Waals surface area contributed by atoms with E-state index in [1.165, 1.54) is 0 Å². The van der Waals surface area contributed by atoms with Crippen LogP contribution in [0.3, 0.4) is 0 Å². The highest BCUT2D eigenvalue weighted by Crippen LogP contribution is 2.37. The van der Waals surface area contributed by atoms with E-state index in [1.54, 1.807) is 17.0 Å². The molecule has 144 valence electrons. The van der Waals surface area contributed by atoms with Gasteiger partial charge in [0.05, 0.1) is 17.8 Å². The van der Waals surface area contributed by atoms with Gasteiger partial charge in [0.15, 0.2) is 0 Å². The molecule has 1 heterocycles. The number of amides is 1. The number of carboxylic acid groups (broad SMARTS) is 1. The minimum atomic E-state index is -0.935. The number of benzene rings is 2. The Morgan fingerprint density at radius 1 is 1.18 bits per heavy atom. The smallest absolute Gasteiger partial charge is 0.305 e. The average Bonchev–Trinajstić information content (AvgIpc) is 3.51. The van der Waals surface area contributed by atoms with Gasteiger partial charge in [-0.2, -0.15) is 0 Å². The summed E-state index contributed by atoms with van der Waals surface area (Å²) in [6, 6.07) is 14.6. The second-order valence-electron chi connectivity index (χ2n) is 7.33. The predicted octanol–water partition coefficient (Wildman–Crippen LogP) is 4.17. The normalized spacial score (nSPS) is 19.0. The van der Waals surface area contributed by atoms with E-state index in [1.807, 2.05) is 36.4 Å². The molecule has 5 nitrogen and oxygen atoms in total. The molecule has 0 spiro atoms. The van der Waals surface area contributed by atoms with Gasteiger partial charge >= 0.3 is 5.97 Å². The van der Waals surface area contributed by atoms with E-state index in [-0.39, 0.29) is 18.9 Å². The lowest BCUT2D eigenvalue weighted by Gasteiger charge is -2.25. The number of carbonyl (C=O) groups is 2. The number of nitrogens with zero attached hydrogens (tertiary/aromatic N) is 2. The maximum absolute atomic E-state index is 13.3. The Kier molecular flexibility index (Phi) is 5.18. The highest BCUT2D eigenvalue weighted by molar-refractivity contribution is 6.32. The number of carbonyl (C=O) groups excluding carboxylic acids is 1. The Labute approximate surface area is 168 Å². The minimum absolute atomic E-state index is 0.113. The van der Waals surface area contributed by atoms with E-state index < -0.39 is 12.0 Å². The van der Waals surface area contributed by atoms with E-state index in [2.05, 4.69) is 0 Å². The molecule has 0 saturated heterocycles. The molecule has 2 aromatic carbocycles. The number of hydrogen-bond acceptors (Lipinski definition) is 3. The first-order valence-electron chi connectivity index (χ1n) is 9.49. The van der Waals surface area contributed by atoms with Crippen molar-refractivity contribution >= 4 is 34.9 Å². The maximum atomic E-state index is 13.3. The van der Waals surface area contributed by atoms with Gasteiger partial charge in [-0.3, -0.25) is 14.6 Å². The van der Waals surface area contributed by atoms with Crippen LogP contribution in [0.1, 0.15) is 36.8 Å². The molecule has 6 heteroatoms. The molecule has 1 atom stereocenters. The van der Waals surface area contributed by atoms with Gasteiger partial charge in [-0.05, 0) is 30.5 Å². The largest absolute Gasteiger partial charge is 0.481 e. The van der Waals surface area contributed by atoms with Gasteiger partial charge in [0.25, 0.3) is 5.91 Å². The van der Waals surface area contributed by atoms with E-state index in [9.17, 15) is 9.59 Å². The number of hydrogen-bond donors (Lipinski definition) is 1. The molecular weight excluding hydrogens is 376 g/mol. The van der Waals surface area contributed by atoms with Gasteiger partial charge in [0.2, 0.25) is 0 Å². The van der Waals surface area contributed by atoms with E-state index in [0.29, 0.717) is 23.0 Å². The number of benzodiazepines with no additional fused rings is 1. The van der Waals surface area contributed by atoms with Crippen LogP contribution in [0.25, 0.3) is 0 Å². The molecule has 1 amide bonds. The van der Waals surface area contributed by atoms with Gasteiger partial charge in [0.1, 0.15) is 6.04 Å².